The molecule has 1 fully saturated rings. The lowest BCUT2D eigenvalue weighted by molar-refractivity contribution is -0.137. The lowest BCUT2D eigenvalue weighted by Gasteiger charge is -2.31. The van der Waals surface area contributed by atoms with Crippen LogP contribution >= 0.6 is 0 Å². The van der Waals surface area contributed by atoms with Gasteiger partial charge in [-0.05, 0) is 68.7 Å². The summed E-state index contributed by atoms with van der Waals surface area (Å²) in [5, 5.41) is 2.55. The van der Waals surface area contributed by atoms with E-state index in [0.717, 1.165) is 12.1 Å². The maximum Gasteiger partial charge on any atom is 0.416 e. The van der Waals surface area contributed by atoms with Gasteiger partial charge in [0.05, 0.1) is 12.2 Å². The van der Waals surface area contributed by atoms with E-state index in [1.807, 2.05) is 0 Å². The predicted octanol–water partition coefficient (Wildman–Crippen LogP) is 6.54. The minimum atomic E-state index is -4.61. The third-order valence-electron chi connectivity index (χ3n) is 5.74. The molecule has 1 aliphatic heterocycles. The first kappa shape index (κ1) is 29.2. The summed E-state index contributed by atoms with van der Waals surface area (Å²) in [5.41, 5.74) is -0.620. The molecule has 6 nitrogen and oxygen atoms in total. The summed E-state index contributed by atoms with van der Waals surface area (Å²) in [6, 6.07) is 9.29. The van der Waals surface area contributed by atoms with E-state index in [9.17, 15) is 31.5 Å². The molecule has 11 heteroatoms. The average molecular weight is 543 g/mol. The predicted molar refractivity (Wildman–Crippen MR) is 131 cm³/mol. The molecular weight excluding hydrogens is 511 g/mol. The largest absolute Gasteiger partial charge is 0.493 e. The number of ether oxygens (including phenoxy) is 2. The molecule has 0 aliphatic carbocycles. The summed E-state index contributed by atoms with van der Waals surface area (Å²) in [6.45, 7) is 5.33. The maximum atomic E-state index is 13.5. The molecule has 2 amide bonds. The van der Waals surface area contributed by atoms with E-state index >= 15 is 0 Å². The van der Waals surface area contributed by atoms with Crippen LogP contribution in [0.25, 0.3) is 11.1 Å². The molecule has 2 aromatic rings. The Morgan fingerprint density at radius 2 is 1.61 bits per heavy atom. The third-order valence-corrected chi connectivity index (χ3v) is 5.74. The first-order chi connectivity index (χ1) is 17.6. The summed E-state index contributed by atoms with van der Waals surface area (Å²) in [5.74, 6) is -3.18. The fourth-order valence-corrected chi connectivity index (χ4v) is 3.80. The zero-order valence-corrected chi connectivity index (χ0v) is 21.5. The van der Waals surface area contributed by atoms with Crippen molar-refractivity contribution in [3.05, 3.63) is 53.6 Å². The van der Waals surface area contributed by atoms with Crippen molar-refractivity contribution in [2.75, 3.05) is 26.2 Å². The molecule has 0 atom stereocenters. The summed E-state index contributed by atoms with van der Waals surface area (Å²) in [6.07, 6.45) is -5.68. The highest BCUT2D eigenvalue weighted by Gasteiger charge is 2.36. The molecule has 1 N–H and O–H groups in total. The smallest absolute Gasteiger partial charge is 0.416 e. The molecule has 0 radical (unpaired) electrons. The van der Waals surface area contributed by atoms with Gasteiger partial charge in [-0.25, -0.2) is 13.6 Å². The lowest BCUT2D eigenvalue weighted by Crippen LogP contribution is -2.42. The molecule has 3 rings (SSSR count). The first-order valence-corrected chi connectivity index (χ1v) is 12.2. The van der Waals surface area contributed by atoms with Crippen molar-refractivity contribution in [3.8, 4) is 16.9 Å². The second-order valence-corrected chi connectivity index (χ2v) is 10.1. The van der Waals surface area contributed by atoms with Crippen LogP contribution in [0, 0.1) is 0 Å². The highest BCUT2D eigenvalue weighted by molar-refractivity contribution is 5.94. The number of benzene rings is 2. The van der Waals surface area contributed by atoms with Crippen molar-refractivity contribution in [2.24, 2.45) is 0 Å². The van der Waals surface area contributed by atoms with Crippen LogP contribution in [0.15, 0.2) is 42.5 Å². The van der Waals surface area contributed by atoms with Gasteiger partial charge < -0.3 is 19.7 Å². The number of amides is 2. The maximum absolute atomic E-state index is 13.5. The topological polar surface area (TPSA) is 67.9 Å². The number of nitrogens with one attached hydrogen (secondary N) is 1. The number of rotatable bonds is 7. The summed E-state index contributed by atoms with van der Waals surface area (Å²) in [4.78, 5) is 25.7. The number of piperidine rings is 1. The van der Waals surface area contributed by atoms with Gasteiger partial charge in [0.2, 0.25) is 0 Å². The number of carbonyl (C=O) groups excluding carboxylic acids is 2. The quantitative estimate of drug-likeness (QED) is 0.319. The Morgan fingerprint density at radius 1 is 0.974 bits per heavy atom. The van der Waals surface area contributed by atoms with E-state index < -0.39 is 48.1 Å². The van der Waals surface area contributed by atoms with Crippen molar-refractivity contribution in [2.45, 2.75) is 57.7 Å². The SMILES string of the molecule is CC(C)(C)OC(=O)NCCCOc1cc(-c2ccc(C(=O)N3CCC(F)(F)CC3)cc2)cc(C(F)(F)F)c1. The zero-order chi connectivity index (χ0) is 28.1. The van der Waals surface area contributed by atoms with E-state index in [1.54, 1.807) is 20.8 Å². The van der Waals surface area contributed by atoms with E-state index in [-0.39, 0.29) is 43.1 Å². The second-order valence-electron chi connectivity index (χ2n) is 10.1. The fourth-order valence-electron chi connectivity index (χ4n) is 3.80. The summed E-state index contributed by atoms with van der Waals surface area (Å²) < 4.78 is 78.0. The Balaban J connectivity index is 1.66. The van der Waals surface area contributed by atoms with Crippen molar-refractivity contribution >= 4 is 12.0 Å². The Hall–Kier alpha value is -3.37. The first-order valence-electron chi connectivity index (χ1n) is 12.2. The van der Waals surface area contributed by atoms with Gasteiger partial charge in [0.15, 0.2) is 0 Å². The van der Waals surface area contributed by atoms with Crippen LogP contribution in [0.3, 0.4) is 0 Å². The van der Waals surface area contributed by atoms with Crippen molar-refractivity contribution in [1.82, 2.24) is 10.2 Å². The molecule has 0 spiro atoms. The molecule has 38 heavy (non-hydrogen) atoms. The van der Waals surface area contributed by atoms with Crippen LogP contribution in [-0.2, 0) is 10.9 Å². The van der Waals surface area contributed by atoms with E-state index in [2.05, 4.69) is 5.32 Å². The van der Waals surface area contributed by atoms with Gasteiger partial charge in [0.1, 0.15) is 11.4 Å². The fraction of sp³-hybridized carbons (Fsp3) is 0.481. The molecule has 0 aromatic heterocycles. The number of alkyl halides is 5. The van der Waals surface area contributed by atoms with Crippen LogP contribution in [0.2, 0.25) is 0 Å². The van der Waals surface area contributed by atoms with Crippen molar-refractivity contribution in [3.63, 3.8) is 0 Å². The van der Waals surface area contributed by atoms with Crippen molar-refractivity contribution in [1.29, 1.82) is 0 Å². The number of nitrogens with zero attached hydrogens (tertiary/aromatic N) is 1. The highest BCUT2D eigenvalue weighted by atomic mass is 19.4. The number of likely N-dealkylation sites (tertiary alicyclic amines) is 1. The molecule has 1 aliphatic rings. The lowest BCUT2D eigenvalue weighted by atomic mass is 10.00. The van der Waals surface area contributed by atoms with Gasteiger partial charge in [0, 0.05) is 38.0 Å². The minimum absolute atomic E-state index is 0.00138. The van der Waals surface area contributed by atoms with Crippen LogP contribution in [0.5, 0.6) is 5.75 Å². The van der Waals surface area contributed by atoms with Crippen LogP contribution < -0.4 is 10.1 Å². The molecule has 0 bridgehead atoms. The van der Waals surface area contributed by atoms with Gasteiger partial charge in [-0.1, -0.05) is 12.1 Å². The zero-order valence-electron chi connectivity index (χ0n) is 21.5. The normalized spacial score (nSPS) is 15.6. The number of hydrogen-bond acceptors (Lipinski definition) is 4. The van der Waals surface area contributed by atoms with Crippen LogP contribution in [0.4, 0.5) is 26.7 Å². The molecule has 2 aromatic carbocycles. The van der Waals surface area contributed by atoms with E-state index in [1.165, 1.54) is 35.2 Å². The molecule has 1 saturated heterocycles. The van der Waals surface area contributed by atoms with E-state index in [0.29, 0.717) is 12.0 Å². The molecule has 0 saturated carbocycles. The molecule has 208 valence electrons. The minimum Gasteiger partial charge on any atom is -0.493 e. The highest BCUT2D eigenvalue weighted by Crippen LogP contribution is 2.36. The average Bonchev–Trinajstić information content (AvgIpc) is 2.82. The van der Waals surface area contributed by atoms with E-state index in [4.69, 9.17) is 9.47 Å². The van der Waals surface area contributed by atoms with Gasteiger partial charge in [-0.3, -0.25) is 4.79 Å². The number of hydrogen-bond donors (Lipinski definition) is 1. The monoisotopic (exact) mass is 542 g/mol. The van der Waals surface area contributed by atoms with Gasteiger partial charge in [-0.2, -0.15) is 13.2 Å². The Labute approximate surface area is 218 Å². The van der Waals surface area contributed by atoms with Crippen LogP contribution in [0.1, 0.15) is 56.0 Å². The Kier molecular flexibility index (Phi) is 8.89. The number of carbonyl (C=O) groups is 2. The molecular formula is C27H31F5N2O4. The van der Waals surface area contributed by atoms with Crippen molar-refractivity contribution < 1.29 is 41.0 Å². The van der Waals surface area contributed by atoms with Gasteiger partial charge in [0.25, 0.3) is 11.8 Å². The summed E-state index contributed by atoms with van der Waals surface area (Å²) in [7, 11) is 0. The Morgan fingerprint density at radius 3 is 2.18 bits per heavy atom. The molecule has 1 heterocycles. The van der Waals surface area contributed by atoms with Gasteiger partial charge in [-0.15, -0.1) is 0 Å². The summed E-state index contributed by atoms with van der Waals surface area (Å²) >= 11 is 0. The Bertz CT molecular complexity index is 1120. The molecule has 0 unspecified atom stereocenters. The second kappa shape index (κ2) is 11.6. The van der Waals surface area contributed by atoms with Crippen LogP contribution in [-0.4, -0.2) is 54.7 Å². The number of halogens is 5. The third kappa shape index (κ3) is 8.59. The van der Waals surface area contributed by atoms with Gasteiger partial charge >= 0.3 is 12.3 Å². The number of alkyl carbamates (subject to hydrolysis) is 1. The standard InChI is InChI=1S/C27H31F5N2O4/c1-25(2,3)38-24(36)33-11-4-14-37-22-16-20(15-21(17-22)27(30,31)32)18-5-7-19(8-6-18)23(35)34-12-9-26(28,29)10-13-34/h5-8,15-17H,4,9-14H2,1-3H3,(H,33,36).